The number of nitrogens with zero attached hydrogens (tertiary/aromatic N) is 1. The lowest BCUT2D eigenvalue weighted by atomic mass is 10.2. The Bertz CT molecular complexity index is 563. The van der Waals surface area contributed by atoms with Gasteiger partial charge in [0.05, 0.1) is 11.4 Å². The molecule has 0 spiro atoms. The minimum Gasteiger partial charge on any atom is -0.396 e. The summed E-state index contributed by atoms with van der Waals surface area (Å²) in [4.78, 5) is 6.92. The van der Waals surface area contributed by atoms with Gasteiger partial charge in [-0.05, 0) is 24.0 Å². The van der Waals surface area contributed by atoms with Crippen molar-refractivity contribution in [3.05, 3.63) is 34.9 Å². The topological polar surface area (TPSA) is 38.9 Å². The van der Waals surface area contributed by atoms with Crippen molar-refractivity contribution in [3.8, 4) is 11.3 Å². The molecule has 2 aliphatic heterocycles. The Hall–Kier alpha value is -1.13. The third-order valence-electron chi connectivity index (χ3n) is 2.56. The van der Waals surface area contributed by atoms with Crippen LogP contribution >= 0.6 is 21.6 Å². The van der Waals surface area contributed by atoms with Crippen LogP contribution in [0.2, 0.25) is 0 Å². The number of allylic oxidation sites excluding steroid dienone is 1. The van der Waals surface area contributed by atoms with Crippen molar-refractivity contribution in [3.63, 3.8) is 0 Å². The van der Waals surface area contributed by atoms with Gasteiger partial charge in [0.25, 0.3) is 0 Å². The van der Waals surface area contributed by atoms with Crippen molar-refractivity contribution in [2.45, 2.75) is 11.8 Å². The van der Waals surface area contributed by atoms with Crippen LogP contribution in [0.1, 0.15) is 12.5 Å². The molecule has 2 heterocycles. The molecule has 0 aromatic carbocycles. The molecule has 0 saturated heterocycles. The number of fused-ring (bicyclic) bond motifs is 3. The molecule has 4 heteroatoms. The van der Waals surface area contributed by atoms with E-state index in [9.17, 15) is 0 Å². The average molecular weight is 246 g/mol. The van der Waals surface area contributed by atoms with Crippen molar-refractivity contribution >= 4 is 33.4 Å². The molecule has 0 atom stereocenters. The minimum absolute atomic E-state index is 0.799. The van der Waals surface area contributed by atoms with Crippen molar-refractivity contribution in [2.75, 3.05) is 5.73 Å². The Balaban J connectivity index is 2.37. The third kappa shape index (κ3) is 1.41. The highest BCUT2D eigenvalue weighted by Gasteiger charge is 2.23. The zero-order valence-corrected chi connectivity index (χ0v) is 10.4. The molecule has 0 saturated carbocycles. The Labute approximate surface area is 102 Å². The molecule has 3 aliphatic rings. The number of nitrogen functional groups attached to an aromatic ring is 1. The van der Waals surface area contributed by atoms with E-state index in [1.54, 1.807) is 27.8 Å². The molecule has 0 bridgehead atoms. The summed E-state index contributed by atoms with van der Waals surface area (Å²) in [5.74, 6) is 0. The summed E-state index contributed by atoms with van der Waals surface area (Å²) < 4.78 is 0. The molecule has 2 nitrogen and oxygen atoms in total. The van der Waals surface area contributed by atoms with Crippen LogP contribution in [0.15, 0.2) is 34.2 Å². The second kappa shape index (κ2) is 3.71. The highest BCUT2D eigenvalue weighted by molar-refractivity contribution is 8.78. The highest BCUT2D eigenvalue weighted by atomic mass is 33.1. The second-order valence-electron chi connectivity index (χ2n) is 3.67. The number of nitrogens with two attached hydrogens (primary N) is 1. The lowest BCUT2D eigenvalue weighted by Gasteiger charge is -2.09. The van der Waals surface area contributed by atoms with Crippen molar-refractivity contribution in [2.24, 2.45) is 0 Å². The van der Waals surface area contributed by atoms with Crippen molar-refractivity contribution in [1.29, 1.82) is 0 Å². The van der Waals surface area contributed by atoms with Crippen LogP contribution in [-0.2, 0) is 0 Å². The summed E-state index contributed by atoms with van der Waals surface area (Å²) in [6.45, 7) is 2.10. The quantitative estimate of drug-likeness (QED) is 0.716. The molecular formula is C12H10N2S2. The molecular weight excluding hydrogens is 236 g/mol. The Morgan fingerprint density at radius 1 is 1.25 bits per heavy atom. The maximum absolute atomic E-state index is 6.15. The molecule has 80 valence electrons. The molecule has 3 rings (SSSR count). The molecule has 0 aromatic rings. The summed E-state index contributed by atoms with van der Waals surface area (Å²) in [7, 11) is 3.55. The van der Waals surface area contributed by atoms with Gasteiger partial charge in [-0.25, -0.2) is 0 Å². The fourth-order valence-electron chi connectivity index (χ4n) is 1.83. The van der Waals surface area contributed by atoms with E-state index in [0.29, 0.717) is 0 Å². The number of rotatable bonds is 0. The van der Waals surface area contributed by atoms with E-state index in [1.807, 2.05) is 12.1 Å². The molecule has 16 heavy (non-hydrogen) atoms. The van der Waals surface area contributed by atoms with Gasteiger partial charge in [0.2, 0.25) is 0 Å². The summed E-state index contributed by atoms with van der Waals surface area (Å²) in [6, 6.07) is 6.01. The lowest BCUT2D eigenvalue weighted by molar-refractivity contribution is 1.37. The second-order valence-corrected chi connectivity index (χ2v) is 6.06. The normalized spacial score (nSPS) is 14.7. The fraction of sp³-hybridized carbons (Fsp3) is 0.0833. The maximum atomic E-state index is 6.15. The predicted octanol–water partition coefficient (Wildman–Crippen LogP) is 3.88. The van der Waals surface area contributed by atoms with Crippen molar-refractivity contribution < 1.29 is 0 Å². The summed E-state index contributed by atoms with van der Waals surface area (Å²) in [5.41, 5.74) is 10.1. The van der Waals surface area contributed by atoms with E-state index >= 15 is 0 Å². The SMILES string of the molecule is CC1=Cc2c(N)c3nccccc-3c2SS1. The molecule has 0 radical (unpaired) electrons. The predicted molar refractivity (Wildman–Crippen MR) is 72.4 cm³/mol. The van der Waals surface area contributed by atoms with Gasteiger partial charge in [-0.3, -0.25) is 4.98 Å². The maximum Gasteiger partial charge on any atom is 0.0949 e. The molecule has 1 aliphatic carbocycles. The first-order chi connectivity index (χ1) is 7.77. The number of hydrogen-bond donors (Lipinski definition) is 1. The van der Waals surface area contributed by atoms with E-state index in [2.05, 4.69) is 24.1 Å². The molecule has 0 aromatic heterocycles. The molecule has 0 fully saturated rings. The fourth-order valence-corrected chi connectivity index (χ4v) is 4.05. The summed E-state index contributed by atoms with van der Waals surface area (Å²) in [6.07, 6.45) is 3.94. The van der Waals surface area contributed by atoms with Crippen LogP contribution in [0.25, 0.3) is 17.3 Å². The smallest absolute Gasteiger partial charge is 0.0949 e. The molecule has 0 unspecified atom stereocenters. The van der Waals surface area contributed by atoms with Gasteiger partial charge in [-0.15, -0.1) is 0 Å². The Morgan fingerprint density at radius 2 is 2.12 bits per heavy atom. The monoisotopic (exact) mass is 246 g/mol. The van der Waals surface area contributed by atoms with E-state index < -0.39 is 0 Å². The van der Waals surface area contributed by atoms with Crippen LogP contribution in [-0.4, -0.2) is 4.98 Å². The third-order valence-corrected chi connectivity index (χ3v) is 5.17. The standard InChI is InChI=1S/C12H10N2S2/c1-7-6-9-10(13)11-8(12(9)16-15-7)4-2-3-5-14-11/h2-6H,13H2,1H3. The van der Waals surface area contributed by atoms with Crippen LogP contribution in [0, 0.1) is 0 Å². The van der Waals surface area contributed by atoms with E-state index in [4.69, 9.17) is 5.73 Å². The Morgan fingerprint density at radius 3 is 3.00 bits per heavy atom. The highest BCUT2D eigenvalue weighted by Crippen LogP contribution is 2.53. The lowest BCUT2D eigenvalue weighted by Crippen LogP contribution is -1.88. The zero-order valence-electron chi connectivity index (χ0n) is 8.73. The van der Waals surface area contributed by atoms with Gasteiger partial charge in [0.15, 0.2) is 0 Å². The average Bonchev–Trinajstić information content (AvgIpc) is 2.47. The first kappa shape index (κ1) is 10.1. The van der Waals surface area contributed by atoms with E-state index in [-0.39, 0.29) is 0 Å². The molecule has 0 amide bonds. The number of anilines is 1. The number of aromatic nitrogens is 1. The van der Waals surface area contributed by atoms with Crippen LogP contribution in [0.3, 0.4) is 0 Å². The van der Waals surface area contributed by atoms with Crippen LogP contribution in [0.4, 0.5) is 5.69 Å². The number of hydrogen-bond acceptors (Lipinski definition) is 4. The van der Waals surface area contributed by atoms with Gasteiger partial charge in [-0.2, -0.15) is 0 Å². The summed E-state index contributed by atoms with van der Waals surface area (Å²) in [5, 5.41) is 0. The molecule has 2 N–H and O–H groups in total. The van der Waals surface area contributed by atoms with Crippen LogP contribution < -0.4 is 5.73 Å². The van der Waals surface area contributed by atoms with E-state index in [0.717, 1.165) is 22.5 Å². The zero-order chi connectivity index (χ0) is 11.1. The van der Waals surface area contributed by atoms with Gasteiger partial charge < -0.3 is 5.73 Å². The van der Waals surface area contributed by atoms with E-state index in [1.165, 1.54) is 9.80 Å². The first-order valence-corrected chi connectivity index (χ1v) is 7.11. The van der Waals surface area contributed by atoms with Crippen molar-refractivity contribution in [1.82, 2.24) is 4.98 Å². The van der Waals surface area contributed by atoms with Gasteiger partial charge in [-0.1, -0.05) is 33.7 Å². The Kier molecular flexibility index (Phi) is 2.33. The van der Waals surface area contributed by atoms with Gasteiger partial charge in [0.1, 0.15) is 0 Å². The summed E-state index contributed by atoms with van der Waals surface area (Å²) >= 11 is 0. The van der Waals surface area contributed by atoms with Gasteiger partial charge in [0, 0.05) is 22.2 Å². The minimum atomic E-state index is 0.799. The van der Waals surface area contributed by atoms with Gasteiger partial charge >= 0.3 is 0 Å². The largest absolute Gasteiger partial charge is 0.396 e. The van der Waals surface area contributed by atoms with Crippen LogP contribution in [0.5, 0.6) is 0 Å². The first-order valence-electron chi connectivity index (χ1n) is 4.96.